The van der Waals surface area contributed by atoms with Crippen LogP contribution in [0.5, 0.6) is 0 Å². The van der Waals surface area contributed by atoms with Crippen molar-refractivity contribution < 1.29 is 0 Å². The van der Waals surface area contributed by atoms with E-state index in [1.54, 1.807) is 18.1 Å². The van der Waals surface area contributed by atoms with Crippen LogP contribution < -0.4 is 5.73 Å². The predicted molar refractivity (Wildman–Crippen MR) is 76.7 cm³/mol. The highest BCUT2D eigenvalue weighted by atomic mass is 79.9. The fraction of sp³-hybridized carbons (Fsp3) is 0.571. The number of H-pyrrole nitrogens is 1. The largest absolute Gasteiger partial charge is 0.347 e. The third-order valence-corrected chi connectivity index (χ3v) is 3.23. The first-order valence-electron chi connectivity index (χ1n) is 3.71. The number of hydrogen-bond acceptors (Lipinski definition) is 3. The van der Waals surface area contributed by atoms with Gasteiger partial charge in [-0.05, 0) is 22.9 Å². The molecule has 0 radical (unpaired) electrons. The number of aromatic amines is 1. The summed E-state index contributed by atoms with van der Waals surface area (Å²) < 4.78 is 0.902. The summed E-state index contributed by atoms with van der Waals surface area (Å²) in [5.74, 6) is 1.91. The first-order valence-corrected chi connectivity index (χ1v) is 5.66. The minimum Gasteiger partial charge on any atom is -0.347 e. The predicted octanol–water partition coefficient (Wildman–Crippen LogP) is 2.91. The fourth-order valence-corrected chi connectivity index (χ4v) is 2.21. The van der Waals surface area contributed by atoms with Crippen molar-refractivity contribution in [3.8, 4) is 0 Å². The summed E-state index contributed by atoms with van der Waals surface area (Å²) >= 11 is 5.15. The Hall–Kier alpha value is 0.960. The maximum atomic E-state index is 5.61. The molecule has 1 atom stereocenters. The molecule has 1 heterocycles. The molecule has 7 heteroatoms. The van der Waals surface area contributed by atoms with Crippen LogP contribution in [0.4, 0.5) is 0 Å². The fourth-order valence-electron chi connectivity index (χ4n) is 0.752. The van der Waals surface area contributed by atoms with Crippen molar-refractivity contribution in [2.45, 2.75) is 18.7 Å². The summed E-state index contributed by atoms with van der Waals surface area (Å²) in [5.41, 5.74) is 6.74. The molecule has 3 nitrogen and oxygen atoms in total. The van der Waals surface area contributed by atoms with Crippen LogP contribution in [0.1, 0.15) is 12.6 Å². The summed E-state index contributed by atoms with van der Waals surface area (Å²) in [5, 5.41) is 0. The quantitative estimate of drug-likeness (QED) is 0.800. The van der Waals surface area contributed by atoms with Gasteiger partial charge in [-0.25, -0.2) is 4.98 Å². The lowest BCUT2D eigenvalue weighted by molar-refractivity contribution is 0.847. The van der Waals surface area contributed by atoms with Crippen LogP contribution in [0.25, 0.3) is 0 Å². The van der Waals surface area contributed by atoms with E-state index in [2.05, 4.69) is 25.9 Å². The van der Waals surface area contributed by atoms with Crippen LogP contribution in [-0.4, -0.2) is 21.8 Å². The van der Waals surface area contributed by atoms with E-state index in [-0.39, 0.29) is 40.0 Å². The number of halogens is 3. The third kappa shape index (κ3) is 6.44. The molecule has 0 saturated carbocycles. The number of imidazole rings is 1. The Morgan fingerprint density at radius 1 is 1.64 bits per heavy atom. The number of thioether (sulfide) groups is 1. The van der Waals surface area contributed by atoms with Gasteiger partial charge in [0.1, 0.15) is 4.60 Å². The maximum Gasteiger partial charge on any atom is 0.127 e. The van der Waals surface area contributed by atoms with Crippen molar-refractivity contribution in [2.75, 3.05) is 5.75 Å². The van der Waals surface area contributed by atoms with Gasteiger partial charge in [-0.2, -0.15) is 11.8 Å². The van der Waals surface area contributed by atoms with Gasteiger partial charge in [0.05, 0.1) is 12.0 Å². The van der Waals surface area contributed by atoms with E-state index < -0.39 is 0 Å². The average Bonchev–Trinajstić information content (AvgIpc) is 2.36. The summed E-state index contributed by atoms with van der Waals surface area (Å²) in [6, 6.07) is 0.261. The molecule has 1 rings (SSSR count). The zero-order valence-corrected chi connectivity index (χ0v) is 13.5. The van der Waals surface area contributed by atoms with Crippen molar-refractivity contribution in [3.05, 3.63) is 16.6 Å². The first-order chi connectivity index (χ1) is 5.70. The van der Waals surface area contributed by atoms with E-state index in [1.807, 2.05) is 6.92 Å². The van der Waals surface area contributed by atoms with Gasteiger partial charge in [-0.1, -0.05) is 0 Å². The second-order valence-corrected chi connectivity index (χ2v) is 4.45. The van der Waals surface area contributed by atoms with Gasteiger partial charge >= 0.3 is 0 Å². The molecule has 0 amide bonds. The highest BCUT2D eigenvalue weighted by Crippen LogP contribution is 2.17. The minimum atomic E-state index is 0. The van der Waals surface area contributed by atoms with Gasteiger partial charge in [0.2, 0.25) is 0 Å². The highest BCUT2D eigenvalue weighted by Gasteiger charge is 2.02. The Labute approximate surface area is 118 Å². The molecule has 0 aliphatic carbocycles. The third-order valence-electron chi connectivity index (χ3n) is 1.29. The molecular formula is C7H14Br3N3S. The molecule has 0 saturated heterocycles. The normalized spacial score (nSPS) is 11.4. The van der Waals surface area contributed by atoms with Gasteiger partial charge in [0, 0.05) is 17.5 Å². The monoisotopic (exact) mass is 409 g/mol. The summed E-state index contributed by atoms with van der Waals surface area (Å²) in [7, 11) is 0. The van der Waals surface area contributed by atoms with Crippen LogP contribution in [0, 0.1) is 0 Å². The van der Waals surface area contributed by atoms with Crippen LogP contribution in [0.2, 0.25) is 0 Å². The molecule has 3 N–H and O–H groups in total. The van der Waals surface area contributed by atoms with Gasteiger partial charge in [0.25, 0.3) is 0 Å². The number of hydrogen-bond donors (Lipinski definition) is 2. The van der Waals surface area contributed by atoms with Crippen molar-refractivity contribution in [1.82, 2.24) is 9.97 Å². The molecule has 0 spiro atoms. The van der Waals surface area contributed by atoms with Crippen molar-refractivity contribution in [2.24, 2.45) is 5.73 Å². The number of aromatic nitrogens is 2. The lowest BCUT2D eigenvalue weighted by Crippen LogP contribution is -2.17. The molecule has 84 valence electrons. The summed E-state index contributed by atoms with van der Waals surface area (Å²) in [6.45, 7) is 2.01. The molecule has 1 unspecified atom stereocenters. The van der Waals surface area contributed by atoms with Crippen LogP contribution in [0.3, 0.4) is 0 Å². The Morgan fingerprint density at radius 3 is 2.71 bits per heavy atom. The smallest absolute Gasteiger partial charge is 0.127 e. The highest BCUT2D eigenvalue weighted by molar-refractivity contribution is 9.10. The SMILES string of the molecule is Br.Br.CC(N)CSCc1[nH]cnc1Br. The Bertz CT molecular complexity index is 242. The van der Waals surface area contributed by atoms with Crippen molar-refractivity contribution in [1.29, 1.82) is 0 Å². The van der Waals surface area contributed by atoms with Crippen LogP contribution in [-0.2, 0) is 5.75 Å². The second-order valence-electron chi connectivity index (χ2n) is 2.66. The molecule has 0 aliphatic heterocycles. The van der Waals surface area contributed by atoms with E-state index in [0.717, 1.165) is 21.8 Å². The minimum absolute atomic E-state index is 0. The van der Waals surface area contributed by atoms with Gasteiger partial charge in [0.15, 0.2) is 0 Å². The lowest BCUT2D eigenvalue weighted by atomic mass is 10.4. The zero-order chi connectivity index (χ0) is 8.97. The standard InChI is InChI=1S/C7H12BrN3S.2BrH/c1-5(9)2-12-3-6-7(8)11-4-10-6;;/h4-5H,2-3,9H2,1H3,(H,10,11);2*1H. The van der Waals surface area contributed by atoms with Gasteiger partial charge < -0.3 is 10.7 Å². The lowest BCUT2D eigenvalue weighted by Gasteiger charge is -2.02. The first kappa shape index (κ1) is 17.4. The second kappa shape index (κ2) is 9.21. The van der Waals surface area contributed by atoms with Crippen molar-refractivity contribution in [3.63, 3.8) is 0 Å². The number of nitrogens with two attached hydrogens (primary N) is 1. The molecule has 0 bridgehead atoms. The summed E-state index contributed by atoms with van der Waals surface area (Å²) in [6.07, 6.45) is 1.69. The average molecular weight is 412 g/mol. The van der Waals surface area contributed by atoms with E-state index in [4.69, 9.17) is 5.73 Å². The number of nitrogens with one attached hydrogen (secondary N) is 1. The Kier molecular flexibility index (Phi) is 11.4. The van der Waals surface area contributed by atoms with Crippen LogP contribution in [0.15, 0.2) is 10.9 Å². The van der Waals surface area contributed by atoms with E-state index >= 15 is 0 Å². The number of rotatable bonds is 4. The topological polar surface area (TPSA) is 54.7 Å². The van der Waals surface area contributed by atoms with Gasteiger partial charge in [-0.3, -0.25) is 0 Å². The van der Waals surface area contributed by atoms with Gasteiger partial charge in [-0.15, -0.1) is 34.0 Å². The van der Waals surface area contributed by atoms with E-state index in [9.17, 15) is 0 Å². The summed E-state index contributed by atoms with van der Waals surface area (Å²) in [4.78, 5) is 7.09. The molecule has 14 heavy (non-hydrogen) atoms. The molecule has 1 aromatic heterocycles. The zero-order valence-electron chi connectivity index (χ0n) is 7.70. The molecule has 0 fully saturated rings. The van der Waals surface area contributed by atoms with E-state index in [1.165, 1.54) is 0 Å². The molecular weight excluding hydrogens is 398 g/mol. The Morgan fingerprint density at radius 2 is 2.29 bits per heavy atom. The van der Waals surface area contributed by atoms with Crippen LogP contribution >= 0.6 is 61.7 Å². The maximum absolute atomic E-state index is 5.61. The Balaban J connectivity index is 0. The molecule has 0 aromatic carbocycles. The van der Waals surface area contributed by atoms with E-state index in [0.29, 0.717) is 0 Å². The molecule has 1 aromatic rings. The van der Waals surface area contributed by atoms with Crippen molar-refractivity contribution >= 4 is 61.7 Å². The number of nitrogens with zero attached hydrogens (tertiary/aromatic N) is 1. The molecule has 0 aliphatic rings.